The van der Waals surface area contributed by atoms with Crippen LogP contribution in [0.25, 0.3) is 0 Å². The molecular weight excluding hydrogens is 224 g/mol. The highest BCUT2D eigenvalue weighted by atomic mass is 15.3. The van der Waals surface area contributed by atoms with Crippen molar-refractivity contribution in [3.63, 3.8) is 0 Å². The van der Waals surface area contributed by atoms with E-state index in [0.717, 1.165) is 0 Å². The summed E-state index contributed by atoms with van der Waals surface area (Å²) in [6.45, 7) is 6.54. The van der Waals surface area contributed by atoms with Gasteiger partial charge < -0.3 is 5.73 Å². The highest BCUT2D eigenvalue weighted by molar-refractivity contribution is 5.52. The summed E-state index contributed by atoms with van der Waals surface area (Å²) in [4.78, 5) is 0. The Morgan fingerprint density at radius 3 is 2.39 bits per heavy atom. The zero-order valence-electron chi connectivity index (χ0n) is 10.9. The van der Waals surface area contributed by atoms with Gasteiger partial charge in [0.15, 0.2) is 0 Å². The average molecular weight is 240 g/mol. The second-order valence-electron chi connectivity index (χ2n) is 4.49. The number of benzene rings is 1. The second kappa shape index (κ2) is 4.53. The van der Waals surface area contributed by atoms with Crippen molar-refractivity contribution in [1.29, 1.82) is 5.26 Å². The molecule has 2 aromatic rings. The van der Waals surface area contributed by atoms with Crippen molar-refractivity contribution in [2.75, 3.05) is 5.73 Å². The fourth-order valence-corrected chi connectivity index (χ4v) is 2.11. The molecule has 2 N–H and O–H groups in total. The normalized spacial score (nSPS) is 10.3. The number of rotatable bonds is 2. The smallest absolute Gasteiger partial charge is 0.140 e. The Morgan fingerprint density at radius 1 is 1.28 bits per heavy atom. The lowest BCUT2D eigenvalue weighted by Gasteiger charge is -2.10. The minimum atomic E-state index is 0.442. The molecule has 4 nitrogen and oxygen atoms in total. The van der Waals surface area contributed by atoms with Crippen LogP contribution in [0, 0.1) is 32.1 Å². The van der Waals surface area contributed by atoms with Crippen molar-refractivity contribution in [3.8, 4) is 6.07 Å². The summed E-state index contributed by atoms with van der Waals surface area (Å²) in [5.41, 5.74) is 10.7. The Balaban J connectivity index is 2.45. The van der Waals surface area contributed by atoms with Gasteiger partial charge in [0.05, 0.1) is 12.2 Å². The number of nitriles is 1. The van der Waals surface area contributed by atoms with E-state index in [0.29, 0.717) is 23.6 Å². The maximum absolute atomic E-state index is 9.00. The van der Waals surface area contributed by atoms with Gasteiger partial charge in [-0.25, -0.2) is 4.68 Å². The fraction of sp³-hybridized carbons (Fsp3) is 0.286. The standard InChI is InChI=1S/C14H16N4/c1-9-5-4-6-10(2)13(9)8-18-14(16)12(7-15)11(3)17-18/h4-6H,8,16H2,1-3H3. The van der Waals surface area contributed by atoms with Crippen molar-refractivity contribution < 1.29 is 0 Å². The summed E-state index contributed by atoms with van der Waals surface area (Å²) in [6.07, 6.45) is 0. The van der Waals surface area contributed by atoms with Crippen LogP contribution in [0.4, 0.5) is 5.82 Å². The molecule has 0 saturated heterocycles. The second-order valence-corrected chi connectivity index (χ2v) is 4.49. The fourth-order valence-electron chi connectivity index (χ4n) is 2.11. The van der Waals surface area contributed by atoms with Gasteiger partial charge in [-0.1, -0.05) is 18.2 Å². The lowest BCUT2D eigenvalue weighted by Crippen LogP contribution is -2.08. The zero-order chi connectivity index (χ0) is 13.3. The molecule has 0 fully saturated rings. The van der Waals surface area contributed by atoms with E-state index in [4.69, 9.17) is 11.0 Å². The van der Waals surface area contributed by atoms with E-state index in [1.54, 1.807) is 11.6 Å². The van der Waals surface area contributed by atoms with Crippen molar-refractivity contribution in [1.82, 2.24) is 9.78 Å². The lowest BCUT2D eigenvalue weighted by molar-refractivity contribution is 0.683. The Kier molecular flexibility index (Phi) is 3.07. The largest absolute Gasteiger partial charge is 0.383 e. The molecule has 0 spiro atoms. The van der Waals surface area contributed by atoms with Crippen molar-refractivity contribution >= 4 is 5.82 Å². The quantitative estimate of drug-likeness (QED) is 0.875. The summed E-state index contributed by atoms with van der Waals surface area (Å²) in [6, 6.07) is 8.26. The van der Waals surface area contributed by atoms with Crippen LogP contribution >= 0.6 is 0 Å². The highest BCUT2D eigenvalue weighted by Gasteiger charge is 2.13. The molecule has 0 aliphatic carbocycles. The molecule has 0 amide bonds. The van der Waals surface area contributed by atoms with Gasteiger partial charge in [-0.05, 0) is 37.5 Å². The van der Waals surface area contributed by atoms with Gasteiger partial charge in [0.25, 0.3) is 0 Å². The molecule has 0 saturated carbocycles. The number of nitrogens with zero attached hydrogens (tertiary/aromatic N) is 3. The Labute approximate surface area is 107 Å². The summed E-state index contributed by atoms with van der Waals surface area (Å²) < 4.78 is 1.70. The molecule has 0 bridgehead atoms. The monoisotopic (exact) mass is 240 g/mol. The molecule has 4 heteroatoms. The first-order valence-corrected chi connectivity index (χ1v) is 5.82. The van der Waals surface area contributed by atoms with Crippen LogP contribution in [-0.4, -0.2) is 9.78 Å². The van der Waals surface area contributed by atoms with Gasteiger partial charge in [-0.3, -0.25) is 0 Å². The first-order chi connectivity index (χ1) is 8.54. The molecule has 2 rings (SSSR count). The molecule has 0 aliphatic heterocycles. The first-order valence-electron chi connectivity index (χ1n) is 5.82. The van der Waals surface area contributed by atoms with Gasteiger partial charge >= 0.3 is 0 Å². The van der Waals surface area contributed by atoms with Crippen LogP contribution in [0.15, 0.2) is 18.2 Å². The van der Waals surface area contributed by atoms with E-state index < -0.39 is 0 Å². The van der Waals surface area contributed by atoms with Crippen molar-refractivity contribution in [3.05, 3.63) is 46.1 Å². The Bertz CT molecular complexity index is 612. The summed E-state index contributed by atoms with van der Waals surface area (Å²) in [7, 11) is 0. The average Bonchev–Trinajstić information content (AvgIpc) is 2.59. The summed E-state index contributed by atoms with van der Waals surface area (Å²) in [5, 5.41) is 13.3. The van der Waals surface area contributed by atoms with E-state index in [1.807, 2.05) is 6.07 Å². The molecule has 0 unspecified atom stereocenters. The molecule has 1 aromatic carbocycles. The molecule has 1 aromatic heterocycles. The zero-order valence-corrected chi connectivity index (χ0v) is 10.9. The van der Waals surface area contributed by atoms with Crippen LogP contribution in [0.5, 0.6) is 0 Å². The minimum Gasteiger partial charge on any atom is -0.383 e. The third-order valence-corrected chi connectivity index (χ3v) is 3.23. The number of hydrogen-bond donors (Lipinski definition) is 1. The third-order valence-electron chi connectivity index (χ3n) is 3.23. The molecule has 92 valence electrons. The van der Waals surface area contributed by atoms with E-state index in [-0.39, 0.29) is 0 Å². The predicted molar refractivity (Wildman–Crippen MR) is 71.1 cm³/mol. The van der Waals surface area contributed by atoms with Crippen molar-refractivity contribution in [2.45, 2.75) is 27.3 Å². The number of hydrogen-bond acceptors (Lipinski definition) is 3. The topological polar surface area (TPSA) is 67.6 Å². The van der Waals surface area contributed by atoms with Crippen molar-refractivity contribution in [2.24, 2.45) is 0 Å². The SMILES string of the molecule is Cc1cccc(C)c1Cn1nc(C)c(C#N)c1N. The van der Waals surface area contributed by atoms with Crippen LogP contribution in [0.3, 0.4) is 0 Å². The number of nitrogen functional groups attached to an aromatic ring is 1. The van der Waals surface area contributed by atoms with Crippen LogP contribution in [0.1, 0.15) is 27.9 Å². The number of nitrogens with two attached hydrogens (primary N) is 1. The molecule has 0 radical (unpaired) electrons. The highest BCUT2D eigenvalue weighted by Crippen LogP contribution is 2.19. The first kappa shape index (κ1) is 12.2. The van der Waals surface area contributed by atoms with Gasteiger partial charge in [0.1, 0.15) is 17.5 Å². The van der Waals surface area contributed by atoms with Gasteiger partial charge in [0.2, 0.25) is 0 Å². The van der Waals surface area contributed by atoms with Gasteiger partial charge in [0, 0.05) is 0 Å². The molecule has 0 aliphatic rings. The Hall–Kier alpha value is -2.28. The van der Waals surface area contributed by atoms with E-state index in [9.17, 15) is 0 Å². The third kappa shape index (κ3) is 1.95. The number of aromatic nitrogens is 2. The van der Waals surface area contributed by atoms with Crippen LogP contribution in [-0.2, 0) is 6.54 Å². The number of aryl methyl sites for hydroxylation is 3. The maximum atomic E-state index is 9.00. The van der Waals surface area contributed by atoms with Gasteiger partial charge in [-0.15, -0.1) is 0 Å². The minimum absolute atomic E-state index is 0.442. The van der Waals surface area contributed by atoms with Crippen LogP contribution in [0.2, 0.25) is 0 Å². The summed E-state index contributed by atoms with van der Waals surface area (Å²) >= 11 is 0. The molecular formula is C14H16N4. The molecule has 1 heterocycles. The van der Waals surface area contributed by atoms with E-state index in [2.05, 4.69) is 37.1 Å². The maximum Gasteiger partial charge on any atom is 0.140 e. The van der Waals surface area contributed by atoms with Crippen LogP contribution < -0.4 is 5.73 Å². The molecule has 18 heavy (non-hydrogen) atoms. The number of anilines is 1. The molecule has 0 atom stereocenters. The lowest BCUT2D eigenvalue weighted by atomic mass is 10.0. The van der Waals surface area contributed by atoms with E-state index >= 15 is 0 Å². The predicted octanol–water partition coefficient (Wildman–Crippen LogP) is 2.31. The van der Waals surface area contributed by atoms with E-state index in [1.165, 1.54) is 16.7 Å². The van der Waals surface area contributed by atoms with Gasteiger partial charge in [-0.2, -0.15) is 10.4 Å². The Morgan fingerprint density at radius 2 is 1.89 bits per heavy atom. The summed E-state index contributed by atoms with van der Waals surface area (Å²) in [5.74, 6) is 0.442.